The summed E-state index contributed by atoms with van der Waals surface area (Å²) < 4.78 is 0. The van der Waals surface area contributed by atoms with Crippen LogP contribution in [0.4, 0.5) is 0 Å². The SMILES string of the molecule is OC1CCCCC1CCCNC1CCSCC1. The molecule has 3 heteroatoms. The van der Waals surface area contributed by atoms with Gasteiger partial charge in [-0.2, -0.15) is 11.8 Å². The molecule has 0 aromatic rings. The Morgan fingerprint density at radius 1 is 1.06 bits per heavy atom. The van der Waals surface area contributed by atoms with Gasteiger partial charge < -0.3 is 10.4 Å². The Bertz CT molecular complexity index is 206. The summed E-state index contributed by atoms with van der Waals surface area (Å²) in [5, 5.41) is 13.6. The first-order valence-corrected chi connectivity index (χ1v) is 8.51. The average Bonchev–Trinajstić information content (AvgIpc) is 2.38. The molecule has 2 fully saturated rings. The van der Waals surface area contributed by atoms with Crippen LogP contribution in [0.15, 0.2) is 0 Å². The van der Waals surface area contributed by atoms with Gasteiger partial charge in [0.25, 0.3) is 0 Å². The van der Waals surface area contributed by atoms with Gasteiger partial charge in [-0.3, -0.25) is 0 Å². The van der Waals surface area contributed by atoms with Crippen molar-refractivity contribution < 1.29 is 5.11 Å². The summed E-state index contributed by atoms with van der Waals surface area (Å²) in [6, 6.07) is 0.771. The Balaban J connectivity index is 1.53. The van der Waals surface area contributed by atoms with Crippen molar-refractivity contribution in [2.45, 2.75) is 63.5 Å². The molecule has 0 aromatic carbocycles. The van der Waals surface area contributed by atoms with Crippen molar-refractivity contribution >= 4 is 11.8 Å². The van der Waals surface area contributed by atoms with E-state index in [9.17, 15) is 5.11 Å². The number of hydrogen-bond acceptors (Lipinski definition) is 3. The van der Waals surface area contributed by atoms with Crippen LogP contribution < -0.4 is 5.32 Å². The van der Waals surface area contributed by atoms with Crippen molar-refractivity contribution in [1.82, 2.24) is 5.32 Å². The third-order valence-electron chi connectivity index (χ3n) is 4.27. The van der Waals surface area contributed by atoms with Crippen molar-refractivity contribution in [1.29, 1.82) is 0 Å². The minimum atomic E-state index is -0.00479. The summed E-state index contributed by atoms with van der Waals surface area (Å²) in [5.41, 5.74) is 0. The average molecular weight is 257 g/mol. The Kier molecular flexibility index (Phi) is 6.16. The third-order valence-corrected chi connectivity index (χ3v) is 5.32. The fraction of sp³-hybridized carbons (Fsp3) is 1.00. The first-order chi connectivity index (χ1) is 8.36. The van der Waals surface area contributed by atoms with E-state index in [1.807, 2.05) is 0 Å². The molecule has 2 rings (SSSR count). The van der Waals surface area contributed by atoms with E-state index in [2.05, 4.69) is 17.1 Å². The fourth-order valence-electron chi connectivity index (χ4n) is 3.10. The molecule has 1 saturated carbocycles. The molecule has 100 valence electrons. The lowest BCUT2D eigenvalue weighted by atomic mass is 9.83. The van der Waals surface area contributed by atoms with Crippen molar-refractivity contribution in [3.63, 3.8) is 0 Å². The molecule has 1 saturated heterocycles. The fourth-order valence-corrected chi connectivity index (χ4v) is 4.20. The molecule has 1 aliphatic heterocycles. The highest BCUT2D eigenvalue weighted by Gasteiger charge is 2.22. The van der Waals surface area contributed by atoms with Gasteiger partial charge in [-0.05, 0) is 62.5 Å². The second-order valence-corrected chi connectivity index (χ2v) is 6.82. The van der Waals surface area contributed by atoms with Crippen LogP contribution in [-0.4, -0.2) is 35.3 Å². The highest BCUT2D eigenvalue weighted by Crippen LogP contribution is 2.27. The van der Waals surface area contributed by atoms with E-state index in [0.717, 1.165) is 19.0 Å². The Labute approximate surface area is 110 Å². The zero-order valence-electron chi connectivity index (χ0n) is 10.9. The van der Waals surface area contributed by atoms with Crippen LogP contribution in [0.1, 0.15) is 51.4 Å². The van der Waals surface area contributed by atoms with E-state index >= 15 is 0 Å². The van der Waals surface area contributed by atoms with E-state index in [0.29, 0.717) is 5.92 Å². The van der Waals surface area contributed by atoms with E-state index < -0.39 is 0 Å². The van der Waals surface area contributed by atoms with E-state index in [1.54, 1.807) is 0 Å². The number of hydrogen-bond donors (Lipinski definition) is 2. The molecule has 1 aliphatic carbocycles. The molecule has 2 nitrogen and oxygen atoms in total. The Morgan fingerprint density at radius 2 is 1.82 bits per heavy atom. The maximum Gasteiger partial charge on any atom is 0.0568 e. The van der Waals surface area contributed by atoms with Crippen LogP contribution in [-0.2, 0) is 0 Å². The molecule has 2 aliphatic rings. The molecule has 2 N–H and O–H groups in total. The second kappa shape index (κ2) is 7.65. The first kappa shape index (κ1) is 13.7. The Morgan fingerprint density at radius 3 is 2.59 bits per heavy atom. The summed E-state index contributed by atoms with van der Waals surface area (Å²) in [5.74, 6) is 3.25. The van der Waals surface area contributed by atoms with E-state index in [4.69, 9.17) is 0 Å². The van der Waals surface area contributed by atoms with Crippen molar-refractivity contribution in [3.05, 3.63) is 0 Å². The van der Waals surface area contributed by atoms with Gasteiger partial charge in [0.2, 0.25) is 0 Å². The number of nitrogens with one attached hydrogen (secondary N) is 1. The van der Waals surface area contributed by atoms with Crippen LogP contribution in [0.5, 0.6) is 0 Å². The molecular formula is C14H27NOS. The highest BCUT2D eigenvalue weighted by atomic mass is 32.2. The van der Waals surface area contributed by atoms with Crippen molar-refractivity contribution in [3.8, 4) is 0 Å². The van der Waals surface area contributed by atoms with E-state index in [-0.39, 0.29) is 6.10 Å². The summed E-state index contributed by atoms with van der Waals surface area (Å²) in [6.07, 6.45) is 9.99. The van der Waals surface area contributed by atoms with Gasteiger partial charge in [0, 0.05) is 6.04 Å². The monoisotopic (exact) mass is 257 g/mol. The zero-order valence-corrected chi connectivity index (χ0v) is 11.7. The first-order valence-electron chi connectivity index (χ1n) is 7.35. The lowest BCUT2D eigenvalue weighted by molar-refractivity contribution is 0.0642. The highest BCUT2D eigenvalue weighted by molar-refractivity contribution is 7.99. The van der Waals surface area contributed by atoms with Crippen LogP contribution in [0.3, 0.4) is 0 Å². The van der Waals surface area contributed by atoms with Crippen LogP contribution in [0.2, 0.25) is 0 Å². The summed E-state index contributed by atoms with van der Waals surface area (Å²) >= 11 is 2.09. The molecule has 0 radical (unpaired) electrons. The number of aliphatic hydroxyl groups is 1. The van der Waals surface area contributed by atoms with Gasteiger partial charge in [-0.15, -0.1) is 0 Å². The predicted octanol–water partition coefficient (Wildman–Crippen LogP) is 2.80. The molecule has 1 heterocycles. The number of thioether (sulfide) groups is 1. The summed E-state index contributed by atoms with van der Waals surface area (Å²) in [6.45, 7) is 1.15. The zero-order chi connectivity index (χ0) is 11.9. The van der Waals surface area contributed by atoms with Crippen molar-refractivity contribution in [2.24, 2.45) is 5.92 Å². The number of rotatable bonds is 5. The van der Waals surface area contributed by atoms with Crippen LogP contribution >= 0.6 is 11.8 Å². The molecule has 17 heavy (non-hydrogen) atoms. The quantitative estimate of drug-likeness (QED) is 0.743. The normalized spacial score (nSPS) is 31.6. The Hall–Kier alpha value is 0.270. The lowest BCUT2D eigenvalue weighted by Crippen LogP contribution is -2.34. The van der Waals surface area contributed by atoms with E-state index in [1.165, 1.54) is 56.5 Å². The molecule has 0 spiro atoms. The lowest BCUT2D eigenvalue weighted by Gasteiger charge is -2.28. The van der Waals surface area contributed by atoms with Gasteiger partial charge in [-0.25, -0.2) is 0 Å². The maximum atomic E-state index is 9.89. The van der Waals surface area contributed by atoms with Crippen molar-refractivity contribution in [2.75, 3.05) is 18.1 Å². The topological polar surface area (TPSA) is 32.3 Å². The molecule has 0 aromatic heterocycles. The largest absolute Gasteiger partial charge is 0.393 e. The molecule has 2 atom stereocenters. The van der Waals surface area contributed by atoms with Crippen LogP contribution in [0.25, 0.3) is 0 Å². The van der Waals surface area contributed by atoms with Gasteiger partial charge in [0.1, 0.15) is 0 Å². The minimum Gasteiger partial charge on any atom is -0.393 e. The molecule has 2 unspecified atom stereocenters. The smallest absolute Gasteiger partial charge is 0.0568 e. The minimum absolute atomic E-state index is 0.00479. The number of aliphatic hydroxyl groups excluding tert-OH is 1. The molecule has 0 bridgehead atoms. The van der Waals surface area contributed by atoms with Crippen LogP contribution in [0, 0.1) is 5.92 Å². The van der Waals surface area contributed by atoms with Gasteiger partial charge in [0.15, 0.2) is 0 Å². The second-order valence-electron chi connectivity index (χ2n) is 5.59. The molecular weight excluding hydrogens is 230 g/mol. The predicted molar refractivity (Wildman–Crippen MR) is 75.5 cm³/mol. The summed E-state index contributed by atoms with van der Waals surface area (Å²) in [4.78, 5) is 0. The maximum absolute atomic E-state index is 9.89. The van der Waals surface area contributed by atoms with Gasteiger partial charge >= 0.3 is 0 Å². The molecule has 0 amide bonds. The third kappa shape index (κ3) is 4.80. The summed E-state index contributed by atoms with van der Waals surface area (Å²) in [7, 11) is 0. The van der Waals surface area contributed by atoms with Gasteiger partial charge in [-0.1, -0.05) is 12.8 Å². The standard InChI is InChI=1S/C14H27NOS/c16-14-6-2-1-4-12(14)5-3-9-15-13-7-10-17-11-8-13/h12-16H,1-11H2. The van der Waals surface area contributed by atoms with Gasteiger partial charge in [0.05, 0.1) is 6.10 Å².